The molecule has 134 valence electrons. The van der Waals surface area contributed by atoms with E-state index in [1.54, 1.807) is 34.4 Å². The van der Waals surface area contributed by atoms with Crippen LogP contribution in [0.25, 0.3) is 21.6 Å². The molecule has 4 rings (SSSR count). The molecule has 2 heterocycles. The zero-order valence-corrected chi connectivity index (χ0v) is 16.1. The van der Waals surface area contributed by atoms with Gasteiger partial charge in [-0.3, -0.25) is 4.79 Å². The van der Waals surface area contributed by atoms with Crippen LogP contribution in [0.1, 0.15) is 37.7 Å². The Morgan fingerprint density at radius 3 is 2.54 bits per heavy atom. The first-order valence-corrected chi connectivity index (χ1v) is 10.2. The van der Waals surface area contributed by atoms with Gasteiger partial charge >= 0.3 is 0 Å². The molecule has 1 saturated carbocycles. The average Bonchev–Trinajstić information content (AvgIpc) is 3.05. The topological polar surface area (TPSA) is 31.2 Å². The Labute approximate surface area is 161 Å². The van der Waals surface area contributed by atoms with Crippen LogP contribution < -0.4 is 10.3 Å². The molecule has 1 aliphatic rings. The third kappa shape index (κ3) is 3.19. The molecular weight excluding hydrogens is 366 g/mol. The zero-order valence-electron chi connectivity index (χ0n) is 14.6. The number of nitrogens with zero attached hydrogens (tertiary/aromatic N) is 1. The van der Waals surface area contributed by atoms with Crippen molar-refractivity contribution in [1.82, 2.24) is 4.73 Å². The van der Waals surface area contributed by atoms with E-state index < -0.39 is 0 Å². The van der Waals surface area contributed by atoms with Crippen LogP contribution in [0, 0.1) is 0 Å². The van der Waals surface area contributed by atoms with Gasteiger partial charge in [-0.15, -0.1) is 11.3 Å². The summed E-state index contributed by atoms with van der Waals surface area (Å²) < 4.78 is 1.66. The molecule has 0 spiro atoms. The lowest BCUT2D eigenvalue weighted by molar-refractivity contribution is 0.121. The summed E-state index contributed by atoms with van der Waals surface area (Å²) in [6.07, 6.45) is 7.27. The van der Waals surface area contributed by atoms with E-state index in [1.165, 1.54) is 24.8 Å². The molecule has 0 aliphatic heterocycles. The second-order valence-electron chi connectivity index (χ2n) is 6.53. The van der Waals surface area contributed by atoms with Crippen LogP contribution in [-0.2, 0) is 0 Å². The molecule has 26 heavy (non-hydrogen) atoms. The molecule has 3 aromatic rings. The molecule has 0 unspecified atom stereocenters. The smallest absolute Gasteiger partial charge is 0.198 e. The first-order valence-electron chi connectivity index (χ1n) is 8.90. The van der Waals surface area contributed by atoms with Crippen molar-refractivity contribution in [3.8, 4) is 21.6 Å². The van der Waals surface area contributed by atoms with Crippen LogP contribution >= 0.6 is 22.9 Å². The van der Waals surface area contributed by atoms with E-state index in [2.05, 4.69) is 11.4 Å². The summed E-state index contributed by atoms with van der Waals surface area (Å²) in [5.74, 6) is 0.579. The quantitative estimate of drug-likeness (QED) is 0.571. The molecule has 1 aromatic carbocycles. The zero-order chi connectivity index (χ0) is 18.1. The maximum Gasteiger partial charge on any atom is 0.198 e. The summed E-state index contributed by atoms with van der Waals surface area (Å²) in [7, 11) is 0. The van der Waals surface area contributed by atoms with E-state index in [1.807, 2.05) is 25.3 Å². The van der Waals surface area contributed by atoms with Gasteiger partial charge in [0.1, 0.15) is 6.61 Å². The number of halogens is 1. The van der Waals surface area contributed by atoms with Crippen molar-refractivity contribution >= 4 is 22.9 Å². The number of hydrogen-bond acceptors (Lipinski definition) is 3. The van der Waals surface area contributed by atoms with Gasteiger partial charge in [0.2, 0.25) is 0 Å². The van der Waals surface area contributed by atoms with Gasteiger partial charge < -0.3 is 4.84 Å². The lowest BCUT2D eigenvalue weighted by Crippen LogP contribution is -2.18. The second-order valence-corrected chi connectivity index (χ2v) is 7.88. The third-order valence-corrected chi connectivity index (χ3v) is 6.14. The lowest BCUT2D eigenvalue weighted by atomic mass is 9.79. The van der Waals surface area contributed by atoms with E-state index in [9.17, 15) is 4.79 Å². The van der Waals surface area contributed by atoms with Crippen molar-refractivity contribution < 1.29 is 4.84 Å². The van der Waals surface area contributed by atoms with Gasteiger partial charge in [0.25, 0.3) is 0 Å². The lowest BCUT2D eigenvalue weighted by Gasteiger charge is -2.26. The molecule has 1 fully saturated rings. The molecule has 0 amide bonds. The van der Waals surface area contributed by atoms with E-state index in [0.29, 0.717) is 28.7 Å². The normalized spacial score (nSPS) is 14.2. The minimum Gasteiger partial charge on any atom is -0.415 e. The van der Waals surface area contributed by atoms with Crippen molar-refractivity contribution in [3.05, 3.63) is 68.9 Å². The Morgan fingerprint density at radius 2 is 1.88 bits per heavy atom. The fourth-order valence-electron chi connectivity index (χ4n) is 3.35. The predicted octanol–water partition coefficient (Wildman–Crippen LogP) is 5.61. The predicted molar refractivity (Wildman–Crippen MR) is 108 cm³/mol. The molecule has 1 aliphatic carbocycles. The number of thiophene rings is 1. The molecule has 3 nitrogen and oxygen atoms in total. The molecule has 0 N–H and O–H groups in total. The van der Waals surface area contributed by atoms with Gasteiger partial charge in [-0.2, -0.15) is 4.73 Å². The van der Waals surface area contributed by atoms with Crippen LogP contribution in [0.2, 0.25) is 5.02 Å². The Balaban J connectivity index is 1.88. The van der Waals surface area contributed by atoms with Crippen molar-refractivity contribution in [2.24, 2.45) is 0 Å². The van der Waals surface area contributed by atoms with Gasteiger partial charge in [0.15, 0.2) is 5.43 Å². The Bertz CT molecular complexity index is 970. The van der Waals surface area contributed by atoms with E-state index >= 15 is 0 Å². The molecular formula is C21H20ClNO2S. The summed E-state index contributed by atoms with van der Waals surface area (Å²) >= 11 is 7.64. The van der Waals surface area contributed by atoms with Gasteiger partial charge in [-0.1, -0.05) is 30.2 Å². The molecule has 0 radical (unpaired) electrons. The molecule has 0 atom stereocenters. The standard InChI is InChI=1S/C21H20ClNO2S/c1-2-25-23-12-18(15-6-8-16(22)9-7-15)20(24)19(13-23)21-17(10-11-26-21)14-4-3-5-14/h6-14H,2-5H2,1H3. The SMILES string of the molecule is CCOn1cc(-c2ccc(Cl)cc2)c(=O)c(-c2sccc2C2CCC2)c1. The highest BCUT2D eigenvalue weighted by Crippen LogP contribution is 2.43. The number of aromatic nitrogens is 1. The van der Waals surface area contributed by atoms with Gasteiger partial charge in [0, 0.05) is 15.5 Å². The van der Waals surface area contributed by atoms with Crippen LogP contribution in [0.4, 0.5) is 0 Å². The van der Waals surface area contributed by atoms with Crippen molar-refractivity contribution in [3.63, 3.8) is 0 Å². The minimum absolute atomic E-state index is 0.0336. The number of benzene rings is 1. The highest BCUT2D eigenvalue weighted by Gasteiger charge is 2.25. The largest absolute Gasteiger partial charge is 0.415 e. The third-order valence-electron chi connectivity index (χ3n) is 4.92. The van der Waals surface area contributed by atoms with Gasteiger partial charge in [-0.05, 0) is 60.4 Å². The fraction of sp³-hybridized carbons (Fsp3) is 0.286. The molecule has 5 heteroatoms. The maximum absolute atomic E-state index is 13.3. The molecule has 2 aromatic heterocycles. The van der Waals surface area contributed by atoms with Crippen LogP contribution in [-0.4, -0.2) is 11.3 Å². The summed E-state index contributed by atoms with van der Waals surface area (Å²) in [6, 6.07) is 9.53. The maximum atomic E-state index is 13.3. The van der Waals surface area contributed by atoms with Crippen LogP contribution in [0.5, 0.6) is 0 Å². The molecule has 0 bridgehead atoms. The monoisotopic (exact) mass is 385 g/mol. The summed E-state index contributed by atoms with van der Waals surface area (Å²) in [6.45, 7) is 2.47. The van der Waals surface area contributed by atoms with Crippen LogP contribution in [0.3, 0.4) is 0 Å². The molecule has 0 saturated heterocycles. The average molecular weight is 386 g/mol. The number of pyridine rings is 1. The Morgan fingerprint density at radius 1 is 1.15 bits per heavy atom. The highest BCUT2D eigenvalue weighted by molar-refractivity contribution is 7.13. The van der Waals surface area contributed by atoms with E-state index in [4.69, 9.17) is 16.4 Å². The van der Waals surface area contributed by atoms with Crippen molar-refractivity contribution in [1.29, 1.82) is 0 Å². The van der Waals surface area contributed by atoms with Crippen molar-refractivity contribution in [2.75, 3.05) is 6.61 Å². The van der Waals surface area contributed by atoms with Gasteiger partial charge in [0.05, 0.1) is 18.0 Å². The van der Waals surface area contributed by atoms with E-state index in [0.717, 1.165) is 10.4 Å². The Kier molecular flexibility index (Phi) is 4.88. The van der Waals surface area contributed by atoms with E-state index in [-0.39, 0.29) is 5.43 Å². The van der Waals surface area contributed by atoms with Crippen molar-refractivity contribution in [2.45, 2.75) is 32.1 Å². The summed E-state index contributed by atoms with van der Waals surface area (Å²) in [4.78, 5) is 20.1. The Hall–Kier alpha value is -2.04. The first-order chi connectivity index (χ1) is 12.7. The number of rotatable bonds is 5. The fourth-order valence-corrected chi connectivity index (χ4v) is 4.47. The summed E-state index contributed by atoms with van der Waals surface area (Å²) in [5, 5.41) is 2.74. The number of hydrogen-bond donors (Lipinski definition) is 0. The summed E-state index contributed by atoms with van der Waals surface area (Å²) in [5.41, 5.74) is 3.51. The second kappa shape index (κ2) is 7.29. The van der Waals surface area contributed by atoms with Gasteiger partial charge in [-0.25, -0.2) is 0 Å². The first kappa shape index (κ1) is 17.4. The minimum atomic E-state index is 0.0336. The highest BCUT2D eigenvalue weighted by atomic mass is 35.5. The van der Waals surface area contributed by atoms with Crippen LogP contribution in [0.15, 0.2) is 52.9 Å².